The fourth-order valence-electron chi connectivity index (χ4n) is 3.15. The minimum atomic E-state index is 0.0514. The third-order valence-electron chi connectivity index (χ3n) is 4.16. The van der Waals surface area contributed by atoms with E-state index in [2.05, 4.69) is 29.2 Å². The number of carbonyl (C=O) groups excluding carboxylic acids is 1. The van der Waals surface area contributed by atoms with E-state index in [1.54, 1.807) is 0 Å². The summed E-state index contributed by atoms with van der Waals surface area (Å²) in [6, 6.07) is 0.281. The minimum Gasteiger partial charge on any atom is -0.394 e. The molecule has 7 nitrogen and oxygen atoms in total. The maximum Gasteiger partial charge on any atom is 0.317 e. The number of nitrogens with one attached hydrogen (secondary N) is 1. The Morgan fingerprint density at radius 1 is 1.40 bits per heavy atom. The number of fused-ring (bicyclic) bond motifs is 1. The van der Waals surface area contributed by atoms with Gasteiger partial charge in [-0.3, -0.25) is 4.68 Å². The maximum atomic E-state index is 11.6. The Morgan fingerprint density at radius 2 is 2.15 bits per heavy atom. The van der Waals surface area contributed by atoms with E-state index >= 15 is 0 Å². The van der Waals surface area contributed by atoms with Gasteiger partial charge in [0, 0.05) is 33.2 Å². The first-order chi connectivity index (χ1) is 9.49. The second-order valence-electron chi connectivity index (χ2n) is 5.88. The monoisotopic (exact) mass is 278 g/mol. The van der Waals surface area contributed by atoms with Gasteiger partial charge in [-0.05, 0) is 5.92 Å². The van der Waals surface area contributed by atoms with Crippen LogP contribution in [0.15, 0.2) is 0 Å². The van der Waals surface area contributed by atoms with Crippen molar-refractivity contribution in [2.24, 2.45) is 7.05 Å². The van der Waals surface area contributed by atoms with E-state index < -0.39 is 0 Å². The van der Waals surface area contributed by atoms with Crippen LogP contribution in [0, 0.1) is 0 Å². The molecule has 2 fully saturated rings. The third-order valence-corrected chi connectivity index (χ3v) is 4.16. The molecule has 1 unspecified atom stereocenters. The van der Waals surface area contributed by atoms with Crippen molar-refractivity contribution >= 4 is 17.5 Å². The fourth-order valence-corrected chi connectivity index (χ4v) is 3.15. The van der Waals surface area contributed by atoms with Crippen LogP contribution in [0.4, 0.5) is 16.3 Å². The summed E-state index contributed by atoms with van der Waals surface area (Å²) in [5.41, 5.74) is 8.00. The Labute approximate surface area is 118 Å². The van der Waals surface area contributed by atoms with Crippen molar-refractivity contribution in [2.45, 2.75) is 25.8 Å². The number of carbonyl (C=O) groups is 1. The Balaban J connectivity index is 1.86. The van der Waals surface area contributed by atoms with Gasteiger partial charge in [-0.1, -0.05) is 13.8 Å². The number of hydrogen-bond acceptors (Lipinski definition) is 4. The lowest BCUT2D eigenvalue weighted by Crippen LogP contribution is -2.52. The number of nitrogens with zero attached hydrogens (tertiary/aromatic N) is 4. The van der Waals surface area contributed by atoms with Crippen LogP contribution < -0.4 is 16.0 Å². The van der Waals surface area contributed by atoms with Gasteiger partial charge in [0.1, 0.15) is 0 Å². The number of nitrogen functional groups attached to an aromatic ring is 1. The quantitative estimate of drug-likeness (QED) is 0.817. The molecular formula is C13H22N6O. The van der Waals surface area contributed by atoms with Crippen LogP contribution in [0.25, 0.3) is 0 Å². The van der Waals surface area contributed by atoms with Crippen molar-refractivity contribution in [1.82, 2.24) is 20.0 Å². The van der Waals surface area contributed by atoms with E-state index in [0.29, 0.717) is 12.5 Å². The van der Waals surface area contributed by atoms with E-state index in [4.69, 9.17) is 5.73 Å². The second-order valence-corrected chi connectivity index (χ2v) is 5.88. The van der Waals surface area contributed by atoms with E-state index in [1.165, 1.54) is 0 Å². The molecule has 7 heteroatoms. The highest BCUT2D eigenvalue weighted by Crippen LogP contribution is 2.32. The maximum absolute atomic E-state index is 11.6. The molecule has 0 aromatic carbocycles. The number of amides is 2. The molecule has 1 aromatic heterocycles. The predicted octanol–water partition coefficient (Wildman–Crippen LogP) is 0.340. The van der Waals surface area contributed by atoms with Crippen molar-refractivity contribution < 1.29 is 4.79 Å². The Hall–Kier alpha value is -1.92. The zero-order valence-electron chi connectivity index (χ0n) is 12.3. The smallest absolute Gasteiger partial charge is 0.317 e. The van der Waals surface area contributed by atoms with Crippen LogP contribution >= 0.6 is 0 Å². The molecule has 0 spiro atoms. The summed E-state index contributed by atoms with van der Waals surface area (Å²) in [5.74, 6) is 1.29. The number of aromatic nitrogens is 2. The van der Waals surface area contributed by atoms with Crippen molar-refractivity contribution in [1.29, 1.82) is 0 Å². The average molecular weight is 278 g/mol. The molecule has 0 aliphatic carbocycles. The summed E-state index contributed by atoms with van der Waals surface area (Å²) >= 11 is 0. The van der Waals surface area contributed by atoms with Gasteiger partial charge in [0.25, 0.3) is 0 Å². The number of aryl methyl sites for hydroxylation is 1. The molecule has 3 N–H and O–H groups in total. The van der Waals surface area contributed by atoms with Crippen molar-refractivity contribution in [2.75, 3.05) is 36.8 Å². The number of urea groups is 1. The van der Waals surface area contributed by atoms with Crippen molar-refractivity contribution in [3.05, 3.63) is 5.69 Å². The zero-order chi connectivity index (χ0) is 14.4. The van der Waals surface area contributed by atoms with Gasteiger partial charge in [0.15, 0.2) is 5.82 Å². The Bertz CT molecular complexity index is 537. The SMILES string of the molecule is CC(C)c1nn(C)c(N2CCN3C(=O)NCC3C2)c1N. The summed E-state index contributed by atoms with van der Waals surface area (Å²) in [5, 5.41) is 7.43. The Kier molecular flexibility index (Phi) is 2.99. The van der Waals surface area contributed by atoms with Gasteiger partial charge in [0.2, 0.25) is 0 Å². The number of piperazine rings is 1. The fraction of sp³-hybridized carbons (Fsp3) is 0.692. The normalized spacial score (nSPS) is 22.4. The minimum absolute atomic E-state index is 0.0514. The molecule has 20 heavy (non-hydrogen) atoms. The largest absolute Gasteiger partial charge is 0.394 e. The second kappa shape index (κ2) is 4.57. The lowest BCUT2D eigenvalue weighted by molar-refractivity contribution is 0.197. The van der Waals surface area contributed by atoms with E-state index in [-0.39, 0.29) is 12.1 Å². The Morgan fingerprint density at radius 3 is 2.80 bits per heavy atom. The summed E-state index contributed by atoms with van der Waals surface area (Å²) in [6.07, 6.45) is 0. The molecule has 0 bridgehead atoms. The average Bonchev–Trinajstić information content (AvgIpc) is 2.90. The van der Waals surface area contributed by atoms with Gasteiger partial charge in [0.05, 0.1) is 17.4 Å². The van der Waals surface area contributed by atoms with Crippen LogP contribution in [0.3, 0.4) is 0 Å². The number of rotatable bonds is 2. The number of hydrogen-bond donors (Lipinski definition) is 2. The third kappa shape index (κ3) is 1.88. The molecule has 1 aromatic rings. The van der Waals surface area contributed by atoms with Crippen LogP contribution in [-0.2, 0) is 7.05 Å². The standard InChI is InChI=1S/C13H22N6O/c1-8(2)11-10(14)12(17(3)16-11)18-4-5-19-9(7-18)6-15-13(19)20/h8-9H,4-7,14H2,1-3H3,(H,15,20). The van der Waals surface area contributed by atoms with Gasteiger partial charge in [-0.25, -0.2) is 4.79 Å². The van der Waals surface area contributed by atoms with Crippen molar-refractivity contribution in [3.8, 4) is 0 Å². The molecule has 2 saturated heterocycles. The molecule has 1 atom stereocenters. The first kappa shape index (κ1) is 13.1. The van der Waals surface area contributed by atoms with Gasteiger partial charge >= 0.3 is 6.03 Å². The van der Waals surface area contributed by atoms with Crippen molar-refractivity contribution in [3.63, 3.8) is 0 Å². The molecule has 2 aliphatic heterocycles. The number of anilines is 2. The van der Waals surface area contributed by atoms with E-state index in [9.17, 15) is 4.79 Å². The van der Waals surface area contributed by atoms with Crippen LogP contribution in [0.2, 0.25) is 0 Å². The van der Waals surface area contributed by atoms with Gasteiger partial charge in [-0.15, -0.1) is 0 Å². The highest BCUT2D eigenvalue weighted by atomic mass is 16.2. The number of nitrogens with two attached hydrogens (primary N) is 1. The predicted molar refractivity (Wildman–Crippen MR) is 77.8 cm³/mol. The van der Waals surface area contributed by atoms with E-state index in [1.807, 2.05) is 16.6 Å². The summed E-state index contributed by atoms with van der Waals surface area (Å²) in [4.78, 5) is 15.8. The molecule has 0 radical (unpaired) electrons. The molecule has 2 aliphatic rings. The van der Waals surface area contributed by atoms with Crippen LogP contribution in [-0.4, -0.2) is 52.9 Å². The summed E-state index contributed by atoms with van der Waals surface area (Å²) in [7, 11) is 1.93. The van der Waals surface area contributed by atoms with Gasteiger partial charge < -0.3 is 20.9 Å². The summed E-state index contributed by atoms with van der Waals surface area (Å²) < 4.78 is 1.87. The molecule has 2 amide bonds. The first-order valence-corrected chi connectivity index (χ1v) is 7.10. The topological polar surface area (TPSA) is 79.4 Å². The van der Waals surface area contributed by atoms with Crippen LogP contribution in [0.1, 0.15) is 25.5 Å². The molecule has 3 heterocycles. The highest BCUT2D eigenvalue weighted by molar-refractivity contribution is 5.78. The molecule has 110 valence electrons. The summed E-state index contributed by atoms with van der Waals surface area (Å²) in [6.45, 7) is 7.24. The lowest BCUT2D eigenvalue weighted by Gasteiger charge is -2.37. The first-order valence-electron chi connectivity index (χ1n) is 7.10. The molecule has 3 rings (SSSR count). The van der Waals surface area contributed by atoms with Crippen LogP contribution in [0.5, 0.6) is 0 Å². The zero-order valence-corrected chi connectivity index (χ0v) is 12.3. The molecule has 0 saturated carbocycles. The highest BCUT2D eigenvalue weighted by Gasteiger charge is 2.37. The van der Waals surface area contributed by atoms with Gasteiger partial charge in [-0.2, -0.15) is 5.10 Å². The molecular weight excluding hydrogens is 256 g/mol. The van der Waals surface area contributed by atoms with E-state index in [0.717, 1.165) is 36.8 Å². The lowest BCUT2D eigenvalue weighted by atomic mass is 10.1.